The maximum Gasteiger partial charge on any atom is 0.135 e. The summed E-state index contributed by atoms with van der Waals surface area (Å²) in [4.78, 5) is 4.61. The summed E-state index contributed by atoms with van der Waals surface area (Å²) in [5.41, 5.74) is 8.93. The fourth-order valence-corrected chi connectivity index (χ4v) is 2.06. The van der Waals surface area contributed by atoms with E-state index in [0.29, 0.717) is 13.2 Å². The van der Waals surface area contributed by atoms with Crippen LogP contribution in [0.1, 0.15) is 24.7 Å². The topological polar surface area (TPSA) is 53.1 Å². The number of imidazole rings is 1. The summed E-state index contributed by atoms with van der Waals surface area (Å²) < 4.78 is 7.41. The summed E-state index contributed by atoms with van der Waals surface area (Å²) >= 11 is 0. The number of aromatic nitrogens is 2. The van der Waals surface area contributed by atoms with Crippen molar-refractivity contribution < 1.29 is 4.74 Å². The van der Waals surface area contributed by atoms with E-state index in [-0.39, 0.29) is 0 Å². The molecule has 0 bridgehead atoms. The summed E-state index contributed by atoms with van der Waals surface area (Å²) in [5.74, 6) is 0.985. The number of nitrogens with zero attached hydrogens (tertiary/aromatic N) is 2. The monoisotopic (exact) mass is 233 g/mol. The second-order valence-corrected chi connectivity index (χ2v) is 4.14. The summed E-state index contributed by atoms with van der Waals surface area (Å²) in [5, 5.41) is 0. The van der Waals surface area contributed by atoms with Crippen LogP contribution in [0.2, 0.25) is 0 Å². The van der Waals surface area contributed by atoms with E-state index in [1.807, 2.05) is 0 Å². The molecule has 0 aliphatic carbocycles. The molecule has 1 aromatic carbocycles. The maximum atomic E-state index is 5.64. The number of nitrogens with two attached hydrogens (primary N) is 1. The molecule has 0 saturated carbocycles. The van der Waals surface area contributed by atoms with Crippen LogP contribution in [0.4, 0.5) is 0 Å². The molecule has 92 valence electrons. The first kappa shape index (κ1) is 12.1. The largest absolute Gasteiger partial charge is 0.377 e. The van der Waals surface area contributed by atoms with E-state index >= 15 is 0 Å². The Balaban J connectivity index is 2.52. The molecule has 0 unspecified atom stereocenters. The summed E-state index contributed by atoms with van der Waals surface area (Å²) in [6.45, 7) is 4.23. The molecule has 0 fully saturated rings. The van der Waals surface area contributed by atoms with Gasteiger partial charge in [-0.2, -0.15) is 0 Å². The van der Waals surface area contributed by atoms with Crippen LogP contribution >= 0.6 is 0 Å². The van der Waals surface area contributed by atoms with Gasteiger partial charge in [-0.3, -0.25) is 0 Å². The molecule has 1 aromatic heterocycles. The summed E-state index contributed by atoms with van der Waals surface area (Å²) in [7, 11) is 1.70. The van der Waals surface area contributed by atoms with E-state index in [0.717, 1.165) is 35.4 Å². The first-order chi connectivity index (χ1) is 8.30. The van der Waals surface area contributed by atoms with Gasteiger partial charge in [0, 0.05) is 20.2 Å². The molecule has 0 aliphatic heterocycles. The smallest absolute Gasteiger partial charge is 0.135 e. The van der Waals surface area contributed by atoms with Gasteiger partial charge < -0.3 is 15.0 Å². The number of methoxy groups -OCH3 is 1. The zero-order valence-electron chi connectivity index (χ0n) is 10.4. The highest BCUT2D eigenvalue weighted by atomic mass is 16.5. The predicted octanol–water partition coefficient (Wildman–Crippen LogP) is 2.05. The van der Waals surface area contributed by atoms with E-state index in [1.165, 1.54) is 0 Å². The van der Waals surface area contributed by atoms with Crippen LogP contribution in [0, 0.1) is 0 Å². The van der Waals surface area contributed by atoms with Crippen molar-refractivity contribution in [3.05, 3.63) is 29.6 Å². The minimum Gasteiger partial charge on any atom is -0.377 e. The third-order valence-corrected chi connectivity index (χ3v) is 2.85. The van der Waals surface area contributed by atoms with Gasteiger partial charge >= 0.3 is 0 Å². The van der Waals surface area contributed by atoms with Crippen LogP contribution in [0.15, 0.2) is 18.2 Å². The minimum absolute atomic E-state index is 0.548. The second kappa shape index (κ2) is 5.29. The molecule has 17 heavy (non-hydrogen) atoms. The van der Waals surface area contributed by atoms with E-state index < -0.39 is 0 Å². The van der Waals surface area contributed by atoms with Crippen molar-refractivity contribution in [3.8, 4) is 0 Å². The number of ether oxygens (including phenoxy) is 1. The van der Waals surface area contributed by atoms with Gasteiger partial charge in [0.2, 0.25) is 0 Å². The number of hydrogen-bond acceptors (Lipinski definition) is 3. The van der Waals surface area contributed by atoms with Crippen molar-refractivity contribution in [1.29, 1.82) is 0 Å². The molecule has 0 aliphatic rings. The standard InChI is InChI=1S/C13H19N3O/c1-3-6-16-12-5-4-10(8-14)7-11(12)15-13(16)9-17-2/h4-5,7H,3,6,8-9,14H2,1-2H3. The number of hydrogen-bond donors (Lipinski definition) is 1. The fraction of sp³-hybridized carbons (Fsp3) is 0.462. The van der Waals surface area contributed by atoms with E-state index in [9.17, 15) is 0 Å². The Hall–Kier alpha value is -1.39. The van der Waals surface area contributed by atoms with Gasteiger partial charge in [-0.15, -0.1) is 0 Å². The lowest BCUT2D eigenvalue weighted by Crippen LogP contribution is -2.04. The third-order valence-electron chi connectivity index (χ3n) is 2.85. The average molecular weight is 233 g/mol. The molecule has 0 spiro atoms. The highest BCUT2D eigenvalue weighted by Gasteiger charge is 2.09. The Bertz CT molecular complexity index is 505. The van der Waals surface area contributed by atoms with Gasteiger partial charge in [-0.1, -0.05) is 13.0 Å². The minimum atomic E-state index is 0.548. The van der Waals surface area contributed by atoms with Crippen LogP contribution in [0.5, 0.6) is 0 Å². The Kier molecular flexibility index (Phi) is 3.76. The van der Waals surface area contributed by atoms with E-state index in [4.69, 9.17) is 10.5 Å². The third kappa shape index (κ3) is 2.33. The summed E-state index contributed by atoms with van der Waals surface area (Å²) in [6, 6.07) is 6.22. The number of fused-ring (bicyclic) bond motifs is 1. The fourth-order valence-electron chi connectivity index (χ4n) is 2.06. The van der Waals surface area contributed by atoms with Crippen molar-refractivity contribution >= 4 is 11.0 Å². The van der Waals surface area contributed by atoms with E-state index in [2.05, 4.69) is 34.7 Å². The quantitative estimate of drug-likeness (QED) is 0.860. The highest BCUT2D eigenvalue weighted by molar-refractivity contribution is 5.76. The first-order valence-electron chi connectivity index (χ1n) is 5.97. The zero-order chi connectivity index (χ0) is 12.3. The number of aryl methyl sites for hydroxylation is 1. The number of benzene rings is 1. The Morgan fingerprint density at radius 2 is 2.24 bits per heavy atom. The van der Waals surface area contributed by atoms with Gasteiger partial charge in [0.1, 0.15) is 12.4 Å². The Morgan fingerprint density at radius 3 is 2.88 bits per heavy atom. The van der Waals surface area contributed by atoms with Crippen molar-refractivity contribution in [1.82, 2.24) is 9.55 Å². The Labute approximate surface area is 101 Å². The maximum absolute atomic E-state index is 5.64. The normalized spacial score (nSPS) is 11.2. The average Bonchev–Trinajstić information content (AvgIpc) is 2.68. The molecule has 2 rings (SSSR count). The van der Waals surface area contributed by atoms with Crippen LogP contribution in [0.25, 0.3) is 11.0 Å². The van der Waals surface area contributed by atoms with E-state index in [1.54, 1.807) is 7.11 Å². The molecule has 2 aromatic rings. The second-order valence-electron chi connectivity index (χ2n) is 4.14. The van der Waals surface area contributed by atoms with Crippen molar-refractivity contribution in [3.63, 3.8) is 0 Å². The molecule has 0 amide bonds. The molecular weight excluding hydrogens is 214 g/mol. The molecule has 1 heterocycles. The van der Waals surface area contributed by atoms with Gasteiger partial charge in [0.25, 0.3) is 0 Å². The molecule has 0 atom stereocenters. The summed E-state index contributed by atoms with van der Waals surface area (Å²) in [6.07, 6.45) is 1.08. The number of rotatable bonds is 5. The lowest BCUT2D eigenvalue weighted by molar-refractivity contribution is 0.174. The molecule has 0 saturated heterocycles. The van der Waals surface area contributed by atoms with Crippen LogP contribution in [-0.2, 0) is 24.4 Å². The Morgan fingerprint density at radius 1 is 1.41 bits per heavy atom. The van der Waals surface area contributed by atoms with Gasteiger partial charge in [0.05, 0.1) is 11.0 Å². The SMILES string of the molecule is CCCn1c(COC)nc2cc(CN)ccc21. The van der Waals surface area contributed by atoms with Gasteiger partial charge in [-0.25, -0.2) is 4.98 Å². The molecule has 4 heteroatoms. The van der Waals surface area contributed by atoms with Gasteiger partial charge in [0.15, 0.2) is 0 Å². The van der Waals surface area contributed by atoms with Crippen LogP contribution in [-0.4, -0.2) is 16.7 Å². The lowest BCUT2D eigenvalue weighted by Gasteiger charge is -2.06. The lowest BCUT2D eigenvalue weighted by atomic mass is 10.2. The highest BCUT2D eigenvalue weighted by Crippen LogP contribution is 2.19. The van der Waals surface area contributed by atoms with Crippen LogP contribution in [0.3, 0.4) is 0 Å². The van der Waals surface area contributed by atoms with Crippen molar-refractivity contribution in [2.45, 2.75) is 33.0 Å². The van der Waals surface area contributed by atoms with Gasteiger partial charge in [-0.05, 0) is 24.1 Å². The van der Waals surface area contributed by atoms with Crippen LogP contribution < -0.4 is 5.73 Å². The molecular formula is C13H19N3O. The first-order valence-corrected chi connectivity index (χ1v) is 5.97. The molecule has 4 nitrogen and oxygen atoms in total. The van der Waals surface area contributed by atoms with Crippen molar-refractivity contribution in [2.24, 2.45) is 5.73 Å². The zero-order valence-corrected chi connectivity index (χ0v) is 10.4. The molecule has 0 radical (unpaired) electrons. The molecule has 2 N–H and O–H groups in total. The van der Waals surface area contributed by atoms with Crippen molar-refractivity contribution in [2.75, 3.05) is 7.11 Å². The predicted molar refractivity (Wildman–Crippen MR) is 68.6 cm³/mol.